The lowest BCUT2D eigenvalue weighted by molar-refractivity contribution is 0.0970. The Balaban J connectivity index is 1.72. The van der Waals surface area contributed by atoms with Crippen molar-refractivity contribution in [1.29, 1.82) is 0 Å². The SMILES string of the molecule is CCCCC1CCN(CCCC(=O)c2ccccc2N(C)C)CC1. The van der Waals surface area contributed by atoms with Gasteiger partial charge < -0.3 is 9.80 Å². The third-order valence-corrected chi connectivity index (χ3v) is 5.24. The van der Waals surface area contributed by atoms with E-state index < -0.39 is 0 Å². The molecule has 2 rings (SSSR count). The number of anilines is 1. The number of unbranched alkanes of at least 4 members (excludes halogenated alkanes) is 1. The lowest BCUT2D eigenvalue weighted by atomic mass is 9.91. The van der Waals surface area contributed by atoms with Crippen LogP contribution < -0.4 is 4.90 Å². The largest absolute Gasteiger partial charge is 0.377 e. The van der Waals surface area contributed by atoms with E-state index in [1.165, 1.54) is 45.2 Å². The van der Waals surface area contributed by atoms with Crippen LogP contribution in [0.15, 0.2) is 24.3 Å². The number of nitrogens with zero attached hydrogens (tertiary/aromatic N) is 2. The number of piperidine rings is 1. The van der Waals surface area contributed by atoms with Gasteiger partial charge in [-0.05, 0) is 56.9 Å². The van der Waals surface area contributed by atoms with E-state index in [9.17, 15) is 4.79 Å². The summed E-state index contributed by atoms with van der Waals surface area (Å²) in [5, 5.41) is 0. The Labute approximate surface area is 148 Å². The van der Waals surface area contributed by atoms with Crippen molar-refractivity contribution in [2.24, 2.45) is 5.92 Å². The number of benzene rings is 1. The van der Waals surface area contributed by atoms with Crippen LogP contribution in [0.2, 0.25) is 0 Å². The van der Waals surface area contributed by atoms with Crippen LogP contribution in [-0.2, 0) is 0 Å². The second-order valence-corrected chi connectivity index (χ2v) is 7.37. The van der Waals surface area contributed by atoms with Gasteiger partial charge in [0.25, 0.3) is 0 Å². The highest BCUT2D eigenvalue weighted by molar-refractivity contribution is 6.01. The molecular weight excluding hydrogens is 296 g/mol. The van der Waals surface area contributed by atoms with E-state index >= 15 is 0 Å². The molecule has 0 saturated carbocycles. The van der Waals surface area contributed by atoms with E-state index in [0.717, 1.165) is 30.1 Å². The zero-order valence-corrected chi connectivity index (χ0v) is 15.8. The molecule has 1 saturated heterocycles. The molecule has 0 aliphatic carbocycles. The number of hydrogen-bond donors (Lipinski definition) is 0. The summed E-state index contributed by atoms with van der Waals surface area (Å²) in [6.45, 7) is 5.78. The van der Waals surface area contributed by atoms with Gasteiger partial charge in [-0.1, -0.05) is 38.3 Å². The monoisotopic (exact) mass is 330 g/mol. The first-order valence-corrected chi connectivity index (χ1v) is 9.63. The van der Waals surface area contributed by atoms with Gasteiger partial charge in [0, 0.05) is 31.8 Å². The average molecular weight is 331 g/mol. The van der Waals surface area contributed by atoms with Crippen LogP contribution in [0.3, 0.4) is 0 Å². The van der Waals surface area contributed by atoms with Crippen LogP contribution in [0.5, 0.6) is 0 Å². The fourth-order valence-electron chi connectivity index (χ4n) is 3.69. The third-order valence-electron chi connectivity index (χ3n) is 5.24. The predicted octanol–water partition coefficient (Wildman–Crippen LogP) is 4.62. The van der Waals surface area contributed by atoms with Crippen LogP contribution in [0.4, 0.5) is 5.69 Å². The summed E-state index contributed by atoms with van der Waals surface area (Å²) in [5.74, 6) is 1.21. The Morgan fingerprint density at radius 1 is 1.17 bits per heavy atom. The van der Waals surface area contributed by atoms with E-state index in [1.807, 2.05) is 43.3 Å². The van der Waals surface area contributed by atoms with Crippen molar-refractivity contribution in [3.05, 3.63) is 29.8 Å². The van der Waals surface area contributed by atoms with E-state index in [-0.39, 0.29) is 5.78 Å². The molecule has 0 radical (unpaired) electrons. The minimum absolute atomic E-state index is 0.275. The van der Waals surface area contributed by atoms with Gasteiger partial charge in [0.15, 0.2) is 5.78 Å². The van der Waals surface area contributed by atoms with Crippen LogP contribution in [-0.4, -0.2) is 44.4 Å². The minimum atomic E-state index is 0.275. The number of rotatable bonds is 9. The number of hydrogen-bond acceptors (Lipinski definition) is 3. The highest BCUT2D eigenvalue weighted by Gasteiger charge is 2.19. The molecule has 0 spiro atoms. The van der Waals surface area contributed by atoms with E-state index in [1.54, 1.807) is 0 Å². The molecule has 0 N–H and O–H groups in total. The van der Waals surface area contributed by atoms with Crippen molar-refractivity contribution in [3.8, 4) is 0 Å². The van der Waals surface area contributed by atoms with Gasteiger partial charge >= 0.3 is 0 Å². The molecule has 0 amide bonds. The Hall–Kier alpha value is -1.35. The second-order valence-electron chi connectivity index (χ2n) is 7.37. The fraction of sp³-hybridized carbons (Fsp3) is 0.667. The summed E-state index contributed by atoms with van der Waals surface area (Å²) < 4.78 is 0. The molecular formula is C21H34N2O. The molecule has 24 heavy (non-hydrogen) atoms. The zero-order chi connectivity index (χ0) is 17.4. The topological polar surface area (TPSA) is 23.6 Å². The Morgan fingerprint density at radius 3 is 2.54 bits per heavy atom. The molecule has 0 aromatic heterocycles. The van der Waals surface area contributed by atoms with Gasteiger partial charge in [0.2, 0.25) is 0 Å². The Kier molecular flexibility index (Phi) is 7.77. The van der Waals surface area contributed by atoms with Crippen molar-refractivity contribution in [3.63, 3.8) is 0 Å². The maximum atomic E-state index is 12.5. The highest BCUT2D eigenvalue weighted by atomic mass is 16.1. The van der Waals surface area contributed by atoms with Gasteiger partial charge in [-0.2, -0.15) is 0 Å². The van der Waals surface area contributed by atoms with Crippen LogP contribution in [0.1, 0.15) is 62.2 Å². The summed E-state index contributed by atoms with van der Waals surface area (Å²) >= 11 is 0. The summed E-state index contributed by atoms with van der Waals surface area (Å²) in [5.41, 5.74) is 1.89. The molecule has 0 bridgehead atoms. The molecule has 1 aliphatic heterocycles. The maximum Gasteiger partial charge on any atom is 0.165 e. The molecule has 1 aromatic carbocycles. The van der Waals surface area contributed by atoms with E-state index in [0.29, 0.717) is 6.42 Å². The first-order valence-electron chi connectivity index (χ1n) is 9.63. The third kappa shape index (κ3) is 5.62. The predicted molar refractivity (Wildman–Crippen MR) is 103 cm³/mol. The lowest BCUT2D eigenvalue weighted by Crippen LogP contribution is -2.34. The molecule has 1 aliphatic rings. The molecule has 3 nitrogen and oxygen atoms in total. The normalized spacial score (nSPS) is 16.3. The van der Waals surface area contributed by atoms with Crippen LogP contribution in [0.25, 0.3) is 0 Å². The molecule has 3 heteroatoms. The van der Waals surface area contributed by atoms with Crippen LogP contribution >= 0.6 is 0 Å². The number of carbonyl (C=O) groups excluding carboxylic acids is 1. The zero-order valence-electron chi connectivity index (χ0n) is 15.8. The standard InChI is InChI=1S/C21H34N2O/c1-4-5-9-18-13-16-23(17-14-18)15-8-12-21(24)19-10-6-7-11-20(19)22(2)3/h6-7,10-11,18H,4-5,8-9,12-17H2,1-3H3. The summed E-state index contributed by atoms with van der Waals surface area (Å²) in [7, 11) is 3.99. The molecule has 1 heterocycles. The van der Waals surface area contributed by atoms with Crippen molar-refractivity contribution < 1.29 is 4.79 Å². The maximum absolute atomic E-state index is 12.5. The summed E-state index contributed by atoms with van der Waals surface area (Å²) in [6, 6.07) is 7.93. The number of para-hydroxylation sites is 1. The van der Waals surface area contributed by atoms with Crippen molar-refractivity contribution in [2.75, 3.05) is 38.6 Å². The van der Waals surface area contributed by atoms with Gasteiger partial charge in [-0.15, -0.1) is 0 Å². The summed E-state index contributed by atoms with van der Waals surface area (Å²) in [4.78, 5) is 17.1. The fourth-order valence-corrected chi connectivity index (χ4v) is 3.69. The molecule has 134 valence electrons. The van der Waals surface area contributed by atoms with E-state index in [2.05, 4.69) is 11.8 Å². The van der Waals surface area contributed by atoms with Gasteiger partial charge in [0.05, 0.1) is 0 Å². The Morgan fingerprint density at radius 2 is 1.88 bits per heavy atom. The number of likely N-dealkylation sites (tertiary alicyclic amines) is 1. The number of carbonyl (C=O) groups is 1. The van der Waals surface area contributed by atoms with Crippen molar-refractivity contribution in [1.82, 2.24) is 4.90 Å². The Bertz CT molecular complexity index is 504. The first-order chi connectivity index (χ1) is 11.6. The molecule has 1 aromatic rings. The lowest BCUT2D eigenvalue weighted by Gasteiger charge is -2.31. The van der Waals surface area contributed by atoms with Gasteiger partial charge in [-0.3, -0.25) is 4.79 Å². The number of Topliss-reactive ketones (excluding diaryl/α,β-unsaturated/α-hetero) is 1. The van der Waals surface area contributed by atoms with Crippen molar-refractivity contribution in [2.45, 2.75) is 51.9 Å². The first kappa shape index (κ1) is 19.0. The molecule has 1 fully saturated rings. The quantitative estimate of drug-likeness (QED) is 0.617. The summed E-state index contributed by atoms with van der Waals surface area (Å²) in [6.07, 6.45) is 8.42. The van der Waals surface area contributed by atoms with Gasteiger partial charge in [0.1, 0.15) is 0 Å². The second kappa shape index (κ2) is 9.83. The number of ketones is 1. The highest BCUT2D eigenvalue weighted by Crippen LogP contribution is 2.23. The van der Waals surface area contributed by atoms with Gasteiger partial charge in [-0.25, -0.2) is 0 Å². The minimum Gasteiger partial charge on any atom is -0.377 e. The molecule has 0 atom stereocenters. The van der Waals surface area contributed by atoms with E-state index in [4.69, 9.17) is 0 Å². The van der Waals surface area contributed by atoms with Crippen molar-refractivity contribution >= 4 is 11.5 Å². The smallest absolute Gasteiger partial charge is 0.165 e. The van der Waals surface area contributed by atoms with Crippen LogP contribution in [0, 0.1) is 5.92 Å². The average Bonchev–Trinajstić information content (AvgIpc) is 2.61. The molecule has 0 unspecified atom stereocenters.